The van der Waals surface area contributed by atoms with Crippen LogP contribution in [0.5, 0.6) is 0 Å². The van der Waals surface area contributed by atoms with Gasteiger partial charge in [-0.3, -0.25) is 0 Å². The molecule has 0 radical (unpaired) electrons. The summed E-state index contributed by atoms with van der Waals surface area (Å²) in [5.41, 5.74) is 0.0347. The number of aliphatic hydroxyl groups is 3. The van der Waals surface area contributed by atoms with Gasteiger partial charge in [-0.1, -0.05) is 20.8 Å². The third kappa shape index (κ3) is 2.96. The Balaban J connectivity index is 2.70. The van der Waals surface area contributed by atoms with Crippen molar-refractivity contribution in [2.24, 2.45) is 17.3 Å². The van der Waals surface area contributed by atoms with Crippen LogP contribution in [0.4, 0.5) is 0 Å². The van der Waals surface area contributed by atoms with Crippen molar-refractivity contribution >= 4 is 0 Å². The maximum atomic E-state index is 9.90. The first-order valence-electron chi connectivity index (χ1n) is 6.30. The standard InChI is InChI=1S/C13H26O3/c1-8(14)5-6-10-9(2)12(16)11(15)7-13(10,3)4/h8-12,14-16H,5-7H2,1-4H3/t8-,9+,10+,11+,12+/m1/s1. The topological polar surface area (TPSA) is 60.7 Å². The minimum atomic E-state index is -0.618. The summed E-state index contributed by atoms with van der Waals surface area (Å²) in [5.74, 6) is 0.456. The molecule has 3 heteroatoms. The highest BCUT2D eigenvalue weighted by atomic mass is 16.3. The molecule has 5 atom stereocenters. The minimum absolute atomic E-state index is 0.0347. The zero-order valence-electron chi connectivity index (χ0n) is 10.8. The molecule has 0 bridgehead atoms. The van der Waals surface area contributed by atoms with Crippen LogP contribution in [-0.2, 0) is 0 Å². The molecule has 3 N–H and O–H groups in total. The normalized spacial score (nSPS) is 40.7. The Kier molecular flexibility index (Phi) is 4.38. The van der Waals surface area contributed by atoms with Crippen molar-refractivity contribution in [1.82, 2.24) is 0 Å². The Labute approximate surface area is 98.5 Å². The average molecular weight is 230 g/mol. The van der Waals surface area contributed by atoms with Crippen molar-refractivity contribution in [3.05, 3.63) is 0 Å². The van der Waals surface area contributed by atoms with Crippen LogP contribution in [0.15, 0.2) is 0 Å². The fourth-order valence-corrected chi connectivity index (χ4v) is 3.19. The Hall–Kier alpha value is -0.120. The summed E-state index contributed by atoms with van der Waals surface area (Å²) in [6.07, 6.45) is 0.812. The van der Waals surface area contributed by atoms with E-state index in [4.69, 9.17) is 0 Å². The van der Waals surface area contributed by atoms with Crippen LogP contribution in [0, 0.1) is 17.3 Å². The highest BCUT2D eigenvalue weighted by molar-refractivity contribution is 4.95. The van der Waals surface area contributed by atoms with Crippen molar-refractivity contribution in [2.75, 3.05) is 0 Å². The van der Waals surface area contributed by atoms with Gasteiger partial charge in [0.1, 0.15) is 0 Å². The fraction of sp³-hybridized carbons (Fsp3) is 1.00. The Morgan fingerprint density at radius 1 is 1.31 bits per heavy atom. The Morgan fingerprint density at radius 3 is 2.38 bits per heavy atom. The van der Waals surface area contributed by atoms with E-state index in [2.05, 4.69) is 13.8 Å². The minimum Gasteiger partial charge on any atom is -0.393 e. The van der Waals surface area contributed by atoms with E-state index in [9.17, 15) is 15.3 Å². The van der Waals surface area contributed by atoms with Crippen molar-refractivity contribution in [3.8, 4) is 0 Å². The number of rotatable bonds is 3. The number of hydrogen-bond acceptors (Lipinski definition) is 3. The Bertz CT molecular complexity index is 225. The lowest BCUT2D eigenvalue weighted by Crippen LogP contribution is -2.49. The summed E-state index contributed by atoms with van der Waals surface area (Å²) in [6.45, 7) is 8.09. The molecule has 16 heavy (non-hydrogen) atoms. The quantitative estimate of drug-likeness (QED) is 0.689. The van der Waals surface area contributed by atoms with Crippen LogP contribution in [0.3, 0.4) is 0 Å². The van der Waals surface area contributed by atoms with Crippen LogP contribution in [0.1, 0.15) is 47.0 Å². The van der Waals surface area contributed by atoms with Gasteiger partial charge in [0.2, 0.25) is 0 Å². The SMILES string of the molecule is C[C@@H]1[C@H](O)[C@@H](O)CC(C)(C)[C@H]1CC[C@@H](C)O. The molecule has 1 fully saturated rings. The molecule has 1 aliphatic rings. The number of aliphatic hydroxyl groups excluding tert-OH is 3. The average Bonchev–Trinajstić information content (AvgIpc) is 2.12. The van der Waals surface area contributed by atoms with Gasteiger partial charge in [0.25, 0.3) is 0 Å². The van der Waals surface area contributed by atoms with E-state index in [0.717, 1.165) is 12.8 Å². The maximum absolute atomic E-state index is 9.90. The number of hydrogen-bond donors (Lipinski definition) is 3. The lowest BCUT2D eigenvalue weighted by atomic mass is 9.60. The van der Waals surface area contributed by atoms with Crippen molar-refractivity contribution in [2.45, 2.75) is 65.3 Å². The summed E-state index contributed by atoms with van der Waals surface area (Å²) in [4.78, 5) is 0. The van der Waals surface area contributed by atoms with E-state index in [1.54, 1.807) is 6.92 Å². The molecule has 0 saturated heterocycles. The van der Waals surface area contributed by atoms with Crippen LogP contribution in [-0.4, -0.2) is 33.6 Å². The predicted octanol–water partition coefficient (Wildman–Crippen LogP) is 1.55. The maximum Gasteiger partial charge on any atom is 0.0827 e. The highest BCUT2D eigenvalue weighted by Crippen LogP contribution is 2.46. The third-order valence-corrected chi connectivity index (χ3v) is 4.20. The fourth-order valence-electron chi connectivity index (χ4n) is 3.19. The molecule has 0 heterocycles. The predicted molar refractivity (Wildman–Crippen MR) is 64.0 cm³/mol. The van der Waals surface area contributed by atoms with E-state index >= 15 is 0 Å². The monoisotopic (exact) mass is 230 g/mol. The smallest absolute Gasteiger partial charge is 0.0827 e. The molecule has 0 unspecified atom stereocenters. The molecular weight excluding hydrogens is 204 g/mol. The second-order valence-corrected chi connectivity index (χ2v) is 6.14. The van der Waals surface area contributed by atoms with Crippen LogP contribution in [0.25, 0.3) is 0 Å². The summed E-state index contributed by atoms with van der Waals surface area (Å²) in [5, 5.41) is 29.0. The van der Waals surface area contributed by atoms with Gasteiger partial charge in [-0.15, -0.1) is 0 Å². The molecule has 0 aliphatic heterocycles. The van der Waals surface area contributed by atoms with Crippen LogP contribution < -0.4 is 0 Å². The molecule has 1 saturated carbocycles. The Morgan fingerprint density at radius 2 is 1.88 bits per heavy atom. The molecule has 0 aromatic carbocycles. The van der Waals surface area contributed by atoms with Gasteiger partial charge in [0.15, 0.2) is 0 Å². The summed E-state index contributed by atoms with van der Waals surface area (Å²) < 4.78 is 0. The molecular formula is C13H26O3. The van der Waals surface area contributed by atoms with Crippen molar-refractivity contribution < 1.29 is 15.3 Å². The van der Waals surface area contributed by atoms with Gasteiger partial charge in [-0.25, -0.2) is 0 Å². The van der Waals surface area contributed by atoms with Gasteiger partial charge in [0.05, 0.1) is 18.3 Å². The summed E-state index contributed by atoms with van der Waals surface area (Å²) >= 11 is 0. The van der Waals surface area contributed by atoms with E-state index in [1.807, 2.05) is 6.92 Å². The van der Waals surface area contributed by atoms with Gasteiger partial charge in [-0.05, 0) is 43.4 Å². The van der Waals surface area contributed by atoms with Gasteiger partial charge in [0, 0.05) is 0 Å². The van der Waals surface area contributed by atoms with E-state index < -0.39 is 12.2 Å². The third-order valence-electron chi connectivity index (χ3n) is 4.20. The zero-order valence-corrected chi connectivity index (χ0v) is 10.8. The van der Waals surface area contributed by atoms with E-state index in [0.29, 0.717) is 12.3 Å². The first kappa shape index (κ1) is 13.9. The first-order chi connectivity index (χ1) is 7.25. The molecule has 0 amide bonds. The lowest BCUT2D eigenvalue weighted by molar-refractivity contribution is -0.113. The van der Waals surface area contributed by atoms with Crippen LogP contribution >= 0.6 is 0 Å². The molecule has 0 aromatic rings. The van der Waals surface area contributed by atoms with Crippen molar-refractivity contribution in [3.63, 3.8) is 0 Å². The van der Waals surface area contributed by atoms with E-state index in [1.165, 1.54) is 0 Å². The molecule has 1 rings (SSSR count). The van der Waals surface area contributed by atoms with Gasteiger partial charge in [-0.2, -0.15) is 0 Å². The van der Waals surface area contributed by atoms with Crippen LogP contribution in [0.2, 0.25) is 0 Å². The van der Waals surface area contributed by atoms with E-state index in [-0.39, 0.29) is 17.4 Å². The lowest BCUT2D eigenvalue weighted by Gasteiger charge is -2.48. The zero-order chi connectivity index (χ0) is 12.5. The van der Waals surface area contributed by atoms with Crippen molar-refractivity contribution in [1.29, 1.82) is 0 Å². The second-order valence-electron chi connectivity index (χ2n) is 6.14. The second kappa shape index (κ2) is 5.03. The van der Waals surface area contributed by atoms with Gasteiger partial charge < -0.3 is 15.3 Å². The molecule has 0 spiro atoms. The molecule has 0 aromatic heterocycles. The summed E-state index contributed by atoms with van der Waals surface area (Å²) in [6, 6.07) is 0. The first-order valence-corrected chi connectivity index (χ1v) is 6.30. The molecule has 1 aliphatic carbocycles. The highest BCUT2D eigenvalue weighted by Gasteiger charge is 2.45. The molecule has 3 nitrogen and oxygen atoms in total. The van der Waals surface area contributed by atoms with Gasteiger partial charge >= 0.3 is 0 Å². The molecule has 96 valence electrons. The largest absolute Gasteiger partial charge is 0.393 e. The summed E-state index contributed by atoms with van der Waals surface area (Å²) in [7, 11) is 0.